The third-order valence-corrected chi connectivity index (χ3v) is 1.43. The van der Waals surface area contributed by atoms with Gasteiger partial charge in [0.2, 0.25) is 0 Å². The number of benzene rings is 1. The van der Waals surface area contributed by atoms with Crippen LogP contribution < -0.4 is 4.74 Å². The van der Waals surface area contributed by atoms with Gasteiger partial charge in [0.25, 0.3) is 0 Å². The van der Waals surface area contributed by atoms with Gasteiger partial charge in [-0.25, -0.2) is 4.79 Å². The molecule has 0 saturated heterocycles. The second-order valence-electron chi connectivity index (χ2n) is 2.57. The van der Waals surface area contributed by atoms with Crippen molar-refractivity contribution >= 4 is 6.47 Å². The fraction of sp³-hybridized carbons (Fsp3) is 0.222. The van der Waals surface area contributed by atoms with E-state index in [0.717, 1.165) is 12.1 Å². The van der Waals surface area contributed by atoms with Crippen LogP contribution in [-0.2, 0) is 16.1 Å². The summed E-state index contributed by atoms with van der Waals surface area (Å²) in [4.78, 5) is 9.73. The van der Waals surface area contributed by atoms with Gasteiger partial charge in [0, 0.05) is 0 Å². The third-order valence-electron chi connectivity index (χ3n) is 1.43. The molecule has 0 heterocycles. The van der Waals surface area contributed by atoms with Crippen molar-refractivity contribution in [3.05, 3.63) is 29.8 Å². The summed E-state index contributed by atoms with van der Waals surface area (Å²) < 4.78 is 43.4. The Hall–Kier alpha value is -1.72. The third kappa shape index (κ3) is 4.35. The fourth-order valence-electron chi connectivity index (χ4n) is 0.945. The van der Waals surface area contributed by atoms with Crippen LogP contribution in [0.3, 0.4) is 0 Å². The molecule has 0 saturated carbocycles. The zero-order valence-electron chi connectivity index (χ0n) is 7.38. The average Bonchev–Trinajstić information content (AvgIpc) is 2.12. The molecule has 0 aromatic heterocycles. The van der Waals surface area contributed by atoms with Crippen LogP contribution in [0.2, 0.25) is 0 Å². The van der Waals surface area contributed by atoms with Crippen molar-refractivity contribution in [3.8, 4) is 5.75 Å². The molecular formula is C9H6F3O3. The second kappa shape index (κ2) is 4.68. The number of halogens is 3. The maximum Gasteiger partial charge on any atom is 0.573 e. The highest BCUT2D eigenvalue weighted by atomic mass is 19.4. The maximum absolute atomic E-state index is 11.8. The number of ether oxygens (including phenoxy) is 2. The highest BCUT2D eigenvalue weighted by Crippen LogP contribution is 2.23. The molecule has 0 atom stereocenters. The van der Waals surface area contributed by atoms with Gasteiger partial charge in [0.05, 0.1) is 0 Å². The monoisotopic (exact) mass is 219 g/mol. The van der Waals surface area contributed by atoms with E-state index in [1.807, 2.05) is 0 Å². The standard InChI is InChI=1S/C9H6F3O3/c10-9(11,12)15-8-3-1-2-7(4-8)5-14-6-13/h1-4H,5H2. The molecule has 81 valence electrons. The van der Waals surface area contributed by atoms with Gasteiger partial charge < -0.3 is 9.47 Å². The van der Waals surface area contributed by atoms with Crippen LogP contribution in [0.4, 0.5) is 13.2 Å². The van der Waals surface area contributed by atoms with Gasteiger partial charge in [-0.05, 0) is 17.7 Å². The number of rotatable bonds is 4. The van der Waals surface area contributed by atoms with Crippen LogP contribution in [0.5, 0.6) is 5.75 Å². The Morgan fingerprint density at radius 2 is 2.07 bits per heavy atom. The number of hydrogen-bond acceptors (Lipinski definition) is 3. The van der Waals surface area contributed by atoms with E-state index < -0.39 is 6.36 Å². The van der Waals surface area contributed by atoms with Crippen molar-refractivity contribution in [2.75, 3.05) is 0 Å². The summed E-state index contributed by atoms with van der Waals surface area (Å²) in [5, 5.41) is 0. The van der Waals surface area contributed by atoms with Crippen LogP contribution in [-0.4, -0.2) is 12.8 Å². The molecule has 6 heteroatoms. The van der Waals surface area contributed by atoms with E-state index in [1.165, 1.54) is 18.6 Å². The van der Waals surface area contributed by atoms with Gasteiger partial charge in [0.15, 0.2) is 0 Å². The summed E-state index contributed by atoms with van der Waals surface area (Å²) in [5.41, 5.74) is 0.389. The normalized spacial score (nSPS) is 10.9. The summed E-state index contributed by atoms with van der Waals surface area (Å²) in [5.74, 6) is -0.352. The van der Waals surface area contributed by atoms with Gasteiger partial charge in [0.1, 0.15) is 12.4 Å². The number of carbonyl (C=O) groups excluding carboxylic acids is 1. The lowest BCUT2D eigenvalue weighted by Gasteiger charge is -2.09. The van der Waals surface area contributed by atoms with Gasteiger partial charge in [-0.1, -0.05) is 12.1 Å². The average molecular weight is 219 g/mol. The molecule has 0 aliphatic rings. The van der Waals surface area contributed by atoms with Gasteiger partial charge in [-0.3, -0.25) is 0 Å². The first kappa shape index (κ1) is 11.4. The van der Waals surface area contributed by atoms with Crippen molar-refractivity contribution < 1.29 is 27.4 Å². The molecular weight excluding hydrogens is 213 g/mol. The number of alkyl halides is 3. The van der Waals surface area contributed by atoms with Crippen LogP contribution >= 0.6 is 0 Å². The van der Waals surface area contributed by atoms with Crippen LogP contribution in [0.1, 0.15) is 5.56 Å². The Kier molecular flexibility index (Phi) is 3.54. The number of hydrogen-bond donors (Lipinski definition) is 0. The minimum atomic E-state index is -4.73. The minimum Gasteiger partial charge on any atom is -0.452 e. The molecule has 0 spiro atoms. The first-order valence-corrected chi connectivity index (χ1v) is 3.85. The SMILES string of the molecule is O=[C]OCc1cccc(OC(F)(F)F)c1. The Morgan fingerprint density at radius 1 is 1.33 bits per heavy atom. The molecule has 0 N–H and O–H groups in total. The van der Waals surface area contributed by atoms with E-state index in [2.05, 4.69) is 9.47 Å². The van der Waals surface area contributed by atoms with Gasteiger partial charge >= 0.3 is 12.8 Å². The van der Waals surface area contributed by atoms with Crippen molar-refractivity contribution in [3.63, 3.8) is 0 Å². The van der Waals surface area contributed by atoms with E-state index in [1.54, 1.807) is 0 Å². The molecule has 0 amide bonds. The van der Waals surface area contributed by atoms with Gasteiger partial charge in [-0.15, -0.1) is 13.2 Å². The highest BCUT2D eigenvalue weighted by Gasteiger charge is 2.31. The molecule has 0 aliphatic heterocycles. The first-order valence-electron chi connectivity index (χ1n) is 3.85. The summed E-state index contributed by atoms with van der Waals surface area (Å²) in [7, 11) is 0. The largest absolute Gasteiger partial charge is 0.573 e. The Bertz CT molecular complexity index is 336. The Labute approximate surface area is 83.4 Å². The quantitative estimate of drug-likeness (QED) is 0.778. The Morgan fingerprint density at radius 3 is 2.67 bits per heavy atom. The lowest BCUT2D eigenvalue weighted by atomic mass is 10.2. The highest BCUT2D eigenvalue weighted by molar-refractivity contribution is 5.39. The summed E-state index contributed by atoms with van der Waals surface area (Å²) in [6.07, 6.45) is -4.73. The predicted molar refractivity (Wildman–Crippen MR) is 43.6 cm³/mol. The van der Waals surface area contributed by atoms with Crippen molar-refractivity contribution in [1.82, 2.24) is 0 Å². The van der Waals surface area contributed by atoms with Crippen molar-refractivity contribution in [2.45, 2.75) is 13.0 Å². The van der Waals surface area contributed by atoms with Gasteiger partial charge in [-0.2, -0.15) is 0 Å². The molecule has 1 aromatic carbocycles. The summed E-state index contributed by atoms with van der Waals surface area (Å²) in [6, 6.07) is 5.15. The lowest BCUT2D eigenvalue weighted by molar-refractivity contribution is -0.274. The second-order valence-corrected chi connectivity index (χ2v) is 2.57. The lowest BCUT2D eigenvalue weighted by Crippen LogP contribution is -2.17. The van der Waals surface area contributed by atoms with E-state index in [4.69, 9.17) is 0 Å². The molecule has 1 rings (SSSR count). The van der Waals surface area contributed by atoms with Crippen molar-refractivity contribution in [1.29, 1.82) is 0 Å². The molecule has 1 radical (unpaired) electrons. The molecule has 3 nitrogen and oxygen atoms in total. The van der Waals surface area contributed by atoms with Crippen LogP contribution in [0.25, 0.3) is 0 Å². The van der Waals surface area contributed by atoms with E-state index in [-0.39, 0.29) is 12.4 Å². The smallest absolute Gasteiger partial charge is 0.452 e. The Balaban J connectivity index is 2.69. The maximum atomic E-state index is 11.8. The molecule has 0 aliphatic carbocycles. The van der Waals surface area contributed by atoms with E-state index in [0.29, 0.717) is 5.56 Å². The fourth-order valence-corrected chi connectivity index (χ4v) is 0.945. The molecule has 1 aromatic rings. The zero-order chi connectivity index (χ0) is 11.3. The molecule has 0 fully saturated rings. The van der Waals surface area contributed by atoms with Crippen LogP contribution in [0, 0.1) is 0 Å². The minimum absolute atomic E-state index is 0.140. The van der Waals surface area contributed by atoms with E-state index >= 15 is 0 Å². The predicted octanol–water partition coefficient (Wildman–Crippen LogP) is 2.17. The molecule has 0 bridgehead atoms. The van der Waals surface area contributed by atoms with Crippen LogP contribution in [0.15, 0.2) is 24.3 Å². The zero-order valence-corrected chi connectivity index (χ0v) is 7.38. The summed E-state index contributed by atoms with van der Waals surface area (Å²) in [6.45, 7) is 1.03. The molecule has 0 unspecified atom stereocenters. The topological polar surface area (TPSA) is 35.5 Å². The van der Waals surface area contributed by atoms with E-state index in [9.17, 15) is 18.0 Å². The molecule has 15 heavy (non-hydrogen) atoms. The summed E-state index contributed by atoms with van der Waals surface area (Å²) >= 11 is 0. The first-order chi connectivity index (χ1) is 7.01. The van der Waals surface area contributed by atoms with Crippen molar-refractivity contribution in [2.24, 2.45) is 0 Å².